The van der Waals surface area contributed by atoms with Crippen LogP contribution in [0, 0.1) is 5.82 Å². The second-order valence-electron chi connectivity index (χ2n) is 4.73. The van der Waals surface area contributed by atoms with E-state index in [-0.39, 0.29) is 5.82 Å². The highest BCUT2D eigenvalue weighted by atomic mass is 19.1. The third-order valence-electron chi connectivity index (χ3n) is 3.33. The first-order valence-electron chi connectivity index (χ1n) is 6.85. The second-order valence-corrected chi connectivity index (χ2v) is 4.73. The average Bonchev–Trinajstić information content (AvgIpc) is 2.88. The van der Waals surface area contributed by atoms with Crippen LogP contribution in [0.4, 0.5) is 10.1 Å². The van der Waals surface area contributed by atoms with Gasteiger partial charge in [0.15, 0.2) is 0 Å². The van der Waals surface area contributed by atoms with Crippen LogP contribution >= 0.6 is 0 Å². The quantitative estimate of drug-likeness (QED) is 0.822. The topological polar surface area (TPSA) is 53.1 Å². The fourth-order valence-electron chi connectivity index (χ4n) is 2.12. The van der Waals surface area contributed by atoms with E-state index in [9.17, 15) is 4.39 Å². The van der Waals surface area contributed by atoms with E-state index in [4.69, 9.17) is 10.5 Å². The maximum atomic E-state index is 12.9. The molecule has 0 bridgehead atoms. The molecule has 1 aromatic carbocycles. The van der Waals surface area contributed by atoms with Gasteiger partial charge in [0.05, 0.1) is 17.4 Å². The Kier molecular flexibility index (Phi) is 4.61. The standard InChI is InChI=1S/C15H20FN3O/c1-3-13(4-2)19-8-7-12(18-19)10-20-15-6-5-11(16)9-14(15)17/h5-9,13H,3-4,10,17H2,1-2H3. The van der Waals surface area contributed by atoms with Crippen LogP contribution in [0.3, 0.4) is 0 Å². The Hall–Kier alpha value is -2.04. The maximum Gasteiger partial charge on any atom is 0.142 e. The van der Waals surface area contributed by atoms with Crippen molar-refractivity contribution in [3.05, 3.63) is 42.0 Å². The van der Waals surface area contributed by atoms with E-state index in [1.807, 2.05) is 16.9 Å². The van der Waals surface area contributed by atoms with Crippen molar-refractivity contribution in [2.45, 2.75) is 39.3 Å². The first-order valence-corrected chi connectivity index (χ1v) is 6.85. The van der Waals surface area contributed by atoms with Gasteiger partial charge in [-0.3, -0.25) is 4.68 Å². The molecule has 0 atom stereocenters. The molecule has 5 heteroatoms. The van der Waals surface area contributed by atoms with Gasteiger partial charge in [0, 0.05) is 12.3 Å². The number of aromatic nitrogens is 2. The average molecular weight is 277 g/mol. The number of hydrogen-bond donors (Lipinski definition) is 1. The summed E-state index contributed by atoms with van der Waals surface area (Å²) in [5.74, 6) is 0.108. The number of nitrogens with two attached hydrogens (primary N) is 1. The predicted octanol–water partition coefficient (Wildman–Crippen LogP) is 3.54. The van der Waals surface area contributed by atoms with Crippen LogP contribution in [0.15, 0.2) is 30.5 Å². The third-order valence-corrected chi connectivity index (χ3v) is 3.33. The zero-order valence-electron chi connectivity index (χ0n) is 11.8. The zero-order valence-corrected chi connectivity index (χ0v) is 11.8. The van der Waals surface area contributed by atoms with Crippen molar-refractivity contribution in [3.63, 3.8) is 0 Å². The molecule has 0 spiro atoms. The molecule has 1 aromatic heterocycles. The van der Waals surface area contributed by atoms with Gasteiger partial charge >= 0.3 is 0 Å². The van der Waals surface area contributed by atoms with Crippen molar-refractivity contribution in [1.29, 1.82) is 0 Å². The minimum atomic E-state index is -0.368. The summed E-state index contributed by atoms with van der Waals surface area (Å²) in [7, 11) is 0. The number of hydrogen-bond acceptors (Lipinski definition) is 3. The van der Waals surface area contributed by atoms with Crippen molar-refractivity contribution in [2.24, 2.45) is 0 Å². The van der Waals surface area contributed by atoms with E-state index >= 15 is 0 Å². The molecule has 20 heavy (non-hydrogen) atoms. The Morgan fingerprint density at radius 3 is 2.70 bits per heavy atom. The van der Waals surface area contributed by atoms with Crippen LogP contribution in [0.2, 0.25) is 0 Å². The van der Waals surface area contributed by atoms with Gasteiger partial charge in [-0.1, -0.05) is 13.8 Å². The lowest BCUT2D eigenvalue weighted by Gasteiger charge is -2.12. The molecular formula is C15H20FN3O. The molecule has 1 heterocycles. The predicted molar refractivity (Wildman–Crippen MR) is 77.0 cm³/mol. The first kappa shape index (κ1) is 14.4. The second kappa shape index (κ2) is 6.41. The number of nitrogen functional groups attached to an aromatic ring is 1. The third kappa shape index (κ3) is 3.29. The van der Waals surface area contributed by atoms with Gasteiger partial charge < -0.3 is 10.5 Å². The number of anilines is 1. The number of rotatable bonds is 6. The number of halogens is 1. The van der Waals surface area contributed by atoms with Gasteiger partial charge in [-0.25, -0.2) is 4.39 Å². The van der Waals surface area contributed by atoms with E-state index in [1.165, 1.54) is 18.2 Å². The van der Waals surface area contributed by atoms with Gasteiger partial charge in [0.2, 0.25) is 0 Å². The molecule has 0 radical (unpaired) electrons. The molecule has 2 rings (SSSR count). The molecule has 0 amide bonds. The Bertz CT molecular complexity index is 564. The highest BCUT2D eigenvalue weighted by molar-refractivity contribution is 5.52. The van der Waals surface area contributed by atoms with Crippen molar-refractivity contribution in [1.82, 2.24) is 9.78 Å². The van der Waals surface area contributed by atoms with Gasteiger partial charge in [-0.15, -0.1) is 0 Å². The Balaban J connectivity index is 2.00. The molecule has 4 nitrogen and oxygen atoms in total. The van der Waals surface area contributed by atoms with Gasteiger partial charge in [0.1, 0.15) is 18.2 Å². The SMILES string of the molecule is CCC(CC)n1ccc(COc2ccc(F)cc2N)n1. The first-order chi connectivity index (χ1) is 9.63. The fraction of sp³-hybridized carbons (Fsp3) is 0.400. The molecule has 0 aliphatic rings. The summed E-state index contributed by atoms with van der Waals surface area (Å²) in [5, 5.41) is 4.49. The summed E-state index contributed by atoms with van der Waals surface area (Å²) in [6.07, 6.45) is 4.05. The van der Waals surface area contributed by atoms with Crippen molar-refractivity contribution < 1.29 is 9.13 Å². The molecule has 0 saturated heterocycles. The minimum Gasteiger partial charge on any atom is -0.485 e. The highest BCUT2D eigenvalue weighted by Gasteiger charge is 2.09. The summed E-state index contributed by atoms with van der Waals surface area (Å²) in [6.45, 7) is 4.61. The molecule has 0 aliphatic heterocycles. The number of ether oxygens (including phenoxy) is 1. The van der Waals surface area contributed by atoms with E-state index in [0.717, 1.165) is 18.5 Å². The Morgan fingerprint density at radius 1 is 1.30 bits per heavy atom. The molecule has 0 saturated carbocycles. The van der Waals surface area contributed by atoms with E-state index in [0.29, 0.717) is 24.1 Å². The summed E-state index contributed by atoms with van der Waals surface area (Å²) >= 11 is 0. The smallest absolute Gasteiger partial charge is 0.142 e. The van der Waals surface area contributed by atoms with Crippen molar-refractivity contribution in [2.75, 3.05) is 5.73 Å². The lowest BCUT2D eigenvalue weighted by atomic mass is 10.2. The molecule has 2 N–H and O–H groups in total. The van der Waals surface area contributed by atoms with Crippen LogP contribution in [0.5, 0.6) is 5.75 Å². The van der Waals surface area contributed by atoms with Gasteiger partial charge in [0.25, 0.3) is 0 Å². The van der Waals surface area contributed by atoms with Crippen LogP contribution in [0.1, 0.15) is 38.4 Å². The lowest BCUT2D eigenvalue weighted by Crippen LogP contribution is -2.08. The van der Waals surface area contributed by atoms with Crippen LogP contribution in [-0.2, 0) is 6.61 Å². The van der Waals surface area contributed by atoms with Gasteiger partial charge in [-0.05, 0) is 31.0 Å². The van der Waals surface area contributed by atoms with Crippen LogP contribution in [-0.4, -0.2) is 9.78 Å². The fourth-order valence-corrected chi connectivity index (χ4v) is 2.12. The summed E-state index contributed by atoms with van der Waals surface area (Å²) in [4.78, 5) is 0. The van der Waals surface area contributed by atoms with Gasteiger partial charge in [-0.2, -0.15) is 5.10 Å². The summed E-state index contributed by atoms with van der Waals surface area (Å²) in [6, 6.07) is 6.45. The largest absolute Gasteiger partial charge is 0.485 e. The minimum absolute atomic E-state index is 0.296. The summed E-state index contributed by atoms with van der Waals surface area (Å²) < 4.78 is 20.5. The molecule has 0 unspecified atom stereocenters. The maximum absolute atomic E-state index is 12.9. The summed E-state index contributed by atoms with van der Waals surface area (Å²) in [5.41, 5.74) is 6.82. The van der Waals surface area contributed by atoms with Crippen molar-refractivity contribution in [3.8, 4) is 5.75 Å². The Morgan fingerprint density at radius 2 is 2.05 bits per heavy atom. The Labute approximate surface area is 118 Å². The molecule has 0 aliphatic carbocycles. The van der Waals surface area contributed by atoms with E-state index < -0.39 is 0 Å². The normalized spacial score (nSPS) is 11.0. The monoisotopic (exact) mass is 277 g/mol. The molecule has 2 aromatic rings. The van der Waals surface area contributed by atoms with Crippen LogP contribution < -0.4 is 10.5 Å². The molecule has 0 fully saturated rings. The lowest BCUT2D eigenvalue weighted by molar-refractivity contribution is 0.298. The van der Waals surface area contributed by atoms with Crippen LogP contribution in [0.25, 0.3) is 0 Å². The zero-order chi connectivity index (χ0) is 14.5. The van der Waals surface area contributed by atoms with E-state index in [2.05, 4.69) is 18.9 Å². The number of benzene rings is 1. The van der Waals surface area contributed by atoms with Crippen molar-refractivity contribution >= 4 is 5.69 Å². The number of nitrogens with zero attached hydrogens (tertiary/aromatic N) is 2. The molecule has 108 valence electrons. The van der Waals surface area contributed by atoms with E-state index in [1.54, 1.807) is 0 Å². The highest BCUT2D eigenvalue weighted by Crippen LogP contribution is 2.23. The molecular weight excluding hydrogens is 257 g/mol.